The summed E-state index contributed by atoms with van der Waals surface area (Å²) in [5.74, 6) is 0.932. The summed E-state index contributed by atoms with van der Waals surface area (Å²) in [5.41, 5.74) is 2.07. The van der Waals surface area contributed by atoms with Crippen LogP contribution in [0.1, 0.15) is 37.6 Å². The van der Waals surface area contributed by atoms with Gasteiger partial charge in [0.15, 0.2) is 0 Å². The van der Waals surface area contributed by atoms with E-state index in [9.17, 15) is 5.11 Å². The number of rotatable bonds is 4. The molecule has 0 bridgehead atoms. The summed E-state index contributed by atoms with van der Waals surface area (Å²) < 4.78 is 5.24. The van der Waals surface area contributed by atoms with Crippen molar-refractivity contribution in [3.8, 4) is 11.4 Å². The Morgan fingerprint density at radius 1 is 1.33 bits per heavy atom. The summed E-state index contributed by atoms with van der Waals surface area (Å²) in [7, 11) is 0. The van der Waals surface area contributed by atoms with Crippen molar-refractivity contribution in [2.24, 2.45) is 0 Å². The third-order valence-electron chi connectivity index (χ3n) is 3.21. The van der Waals surface area contributed by atoms with Crippen LogP contribution in [-0.2, 0) is 0 Å². The minimum absolute atomic E-state index is 0.139. The molecule has 4 nitrogen and oxygen atoms in total. The smallest absolute Gasteiger partial charge is 0.232 e. The number of aryl methyl sites for hydroxylation is 1. The lowest BCUT2D eigenvalue weighted by molar-refractivity contribution is 0.129. The Morgan fingerprint density at radius 2 is 2.06 bits per heavy atom. The summed E-state index contributed by atoms with van der Waals surface area (Å²) in [5, 5.41) is 13.8. The van der Waals surface area contributed by atoms with Gasteiger partial charge in [0.25, 0.3) is 0 Å². The first-order chi connectivity index (χ1) is 8.63. The van der Waals surface area contributed by atoms with Crippen molar-refractivity contribution in [3.05, 3.63) is 35.7 Å². The molecule has 18 heavy (non-hydrogen) atoms. The van der Waals surface area contributed by atoms with Crippen LogP contribution < -0.4 is 0 Å². The molecule has 1 heterocycles. The molecule has 96 valence electrons. The molecule has 1 aromatic carbocycles. The van der Waals surface area contributed by atoms with Crippen LogP contribution in [-0.4, -0.2) is 21.4 Å². The fraction of sp³-hybridized carbons (Fsp3) is 0.429. The molecule has 0 spiro atoms. The van der Waals surface area contributed by atoms with Crippen molar-refractivity contribution in [1.82, 2.24) is 10.1 Å². The zero-order chi connectivity index (χ0) is 13.1. The van der Waals surface area contributed by atoms with Crippen LogP contribution in [0, 0.1) is 6.92 Å². The van der Waals surface area contributed by atoms with Gasteiger partial charge in [-0.15, -0.1) is 0 Å². The second-order valence-electron chi connectivity index (χ2n) is 4.54. The number of aromatic nitrogens is 2. The number of benzene rings is 1. The van der Waals surface area contributed by atoms with Crippen LogP contribution >= 0.6 is 0 Å². The SMILES string of the molecule is CCC(O)C(C)c1nc(-c2ccccc2C)no1. The first-order valence-electron chi connectivity index (χ1n) is 6.21. The zero-order valence-electron chi connectivity index (χ0n) is 10.9. The molecule has 0 fully saturated rings. The Morgan fingerprint density at radius 3 is 2.72 bits per heavy atom. The molecule has 0 amide bonds. The summed E-state index contributed by atoms with van der Waals surface area (Å²) in [4.78, 5) is 4.37. The Bertz CT molecular complexity index is 522. The van der Waals surface area contributed by atoms with Crippen LogP contribution in [0.15, 0.2) is 28.8 Å². The number of hydrogen-bond donors (Lipinski definition) is 1. The molecule has 0 aliphatic carbocycles. The average Bonchev–Trinajstić information content (AvgIpc) is 2.87. The first kappa shape index (κ1) is 12.8. The van der Waals surface area contributed by atoms with E-state index in [2.05, 4.69) is 10.1 Å². The lowest BCUT2D eigenvalue weighted by Gasteiger charge is -2.11. The highest BCUT2D eigenvalue weighted by molar-refractivity contribution is 5.58. The molecular formula is C14H18N2O2. The Kier molecular flexibility index (Phi) is 3.77. The van der Waals surface area contributed by atoms with Gasteiger partial charge < -0.3 is 9.63 Å². The van der Waals surface area contributed by atoms with Gasteiger partial charge in [-0.25, -0.2) is 0 Å². The predicted molar refractivity (Wildman–Crippen MR) is 69.2 cm³/mol. The fourth-order valence-electron chi connectivity index (χ4n) is 1.87. The van der Waals surface area contributed by atoms with E-state index in [0.717, 1.165) is 11.1 Å². The molecule has 0 radical (unpaired) electrons. The van der Waals surface area contributed by atoms with Crippen molar-refractivity contribution in [2.45, 2.75) is 39.2 Å². The highest BCUT2D eigenvalue weighted by atomic mass is 16.5. The van der Waals surface area contributed by atoms with Gasteiger partial charge in [0.2, 0.25) is 11.7 Å². The van der Waals surface area contributed by atoms with Gasteiger partial charge in [0.05, 0.1) is 12.0 Å². The molecule has 2 rings (SSSR count). The van der Waals surface area contributed by atoms with E-state index in [4.69, 9.17) is 4.52 Å². The topological polar surface area (TPSA) is 59.2 Å². The molecule has 1 aromatic heterocycles. The maximum absolute atomic E-state index is 9.79. The number of nitrogens with zero attached hydrogens (tertiary/aromatic N) is 2. The number of hydrogen-bond acceptors (Lipinski definition) is 4. The van der Waals surface area contributed by atoms with Gasteiger partial charge in [-0.2, -0.15) is 4.98 Å². The van der Waals surface area contributed by atoms with Gasteiger partial charge in [0, 0.05) is 5.56 Å². The summed E-state index contributed by atoms with van der Waals surface area (Å²) >= 11 is 0. The quantitative estimate of drug-likeness (QED) is 0.901. The highest BCUT2D eigenvalue weighted by Gasteiger charge is 2.21. The molecular weight excluding hydrogens is 228 g/mol. The van der Waals surface area contributed by atoms with Crippen molar-refractivity contribution in [2.75, 3.05) is 0 Å². The van der Waals surface area contributed by atoms with E-state index >= 15 is 0 Å². The van der Waals surface area contributed by atoms with E-state index in [-0.39, 0.29) is 5.92 Å². The van der Waals surface area contributed by atoms with E-state index in [1.165, 1.54) is 0 Å². The largest absolute Gasteiger partial charge is 0.392 e. The molecule has 2 atom stereocenters. The lowest BCUT2D eigenvalue weighted by Crippen LogP contribution is -2.14. The molecule has 2 aromatic rings. The standard InChI is InChI=1S/C14H18N2O2/c1-4-12(17)10(3)14-15-13(16-18-14)11-8-6-5-7-9(11)2/h5-8,10,12,17H,4H2,1-3H3. The molecule has 0 saturated carbocycles. The normalized spacial score (nSPS) is 14.4. The minimum atomic E-state index is -0.449. The van der Waals surface area contributed by atoms with Crippen LogP contribution in [0.4, 0.5) is 0 Å². The van der Waals surface area contributed by atoms with Crippen molar-refractivity contribution >= 4 is 0 Å². The van der Waals surface area contributed by atoms with E-state index < -0.39 is 6.10 Å². The average molecular weight is 246 g/mol. The second kappa shape index (κ2) is 5.31. The van der Waals surface area contributed by atoms with Crippen molar-refractivity contribution < 1.29 is 9.63 Å². The molecule has 1 N–H and O–H groups in total. The minimum Gasteiger partial charge on any atom is -0.392 e. The van der Waals surface area contributed by atoms with Gasteiger partial charge in [-0.05, 0) is 18.9 Å². The summed E-state index contributed by atoms with van der Waals surface area (Å²) in [6, 6.07) is 7.90. The molecule has 0 aliphatic rings. The van der Waals surface area contributed by atoms with Gasteiger partial charge in [-0.3, -0.25) is 0 Å². The summed E-state index contributed by atoms with van der Waals surface area (Å²) in [6.07, 6.45) is 0.221. The second-order valence-corrected chi connectivity index (χ2v) is 4.54. The van der Waals surface area contributed by atoms with Gasteiger partial charge in [0.1, 0.15) is 0 Å². The molecule has 0 saturated heterocycles. The van der Waals surface area contributed by atoms with Gasteiger partial charge >= 0.3 is 0 Å². The molecule has 0 aliphatic heterocycles. The Hall–Kier alpha value is -1.68. The number of aliphatic hydroxyl groups is 1. The van der Waals surface area contributed by atoms with Gasteiger partial charge in [-0.1, -0.05) is 43.3 Å². The zero-order valence-corrected chi connectivity index (χ0v) is 10.9. The Labute approximate surface area is 107 Å². The molecule has 2 unspecified atom stereocenters. The van der Waals surface area contributed by atoms with Crippen LogP contribution in [0.2, 0.25) is 0 Å². The third-order valence-corrected chi connectivity index (χ3v) is 3.21. The maximum atomic E-state index is 9.79. The molecule has 4 heteroatoms. The third kappa shape index (κ3) is 2.43. The monoisotopic (exact) mass is 246 g/mol. The lowest BCUT2D eigenvalue weighted by atomic mass is 10.0. The van der Waals surface area contributed by atoms with Crippen molar-refractivity contribution in [3.63, 3.8) is 0 Å². The highest BCUT2D eigenvalue weighted by Crippen LogP contribution is 2.24. The maximum Gasteiger partial charge on any atom is 0.232 e. The van der Waals surface area contributed by atoms with Crippen molar-refractivity contribution in [1.29, 1.82) is 0 Å². The number of aliphatic hydroxyl groups excluding tert-OH is 1. The van der Waals surface area contributed by atoms with E-state index in [0.29, 0.717) is 18.1 Å². The van der Waals surface area contributed by atoms with E-state index in [1.54, 1.807) is 0 Å². The summed E-state index contributed by atoms with van der Waals surface area (Å²) in [6.45, 7) is 5.83. The fourth-order valence-corrected chi connectivity index (χ4v) is 1.87. The predicted octanol–water partition coefficient (Wildman–Crippen LogP) is 2.92. The van der Waals surface area contributed by atoms with E-state index in [1.807, 2.05) is 45.0 Å². The van der Waals surface area contributed by atoms with Crippen LogP contribution in [0.25, 0.3) is 11.4 Å². The van der Waals surface area contributed by atoms with Crippen LogP contribution in [0.5, 0.6) is 0 Å². The first-order valence-corrected chi connectivity index (χ1v) is 6.21. The van der Waals surface area contributed by atoms with Crippen LogP contribution in [0.3, 0.4) is 0 Å². The Balaban J connectivity index is 2.29.